The lowest BCUT2D eigenvalue weighted by Crippen LogP contribution is -2.44. The SMILES string of the molecule is CN(C)/C(=N/S(=O)(=O)N1CCC(F)(F)CC1)N1CC(c2ccccc2)C(c2ccc(Cl)cc2)=N1. The second-order valence-corrected chi connectivity index (χ2v) is 10.6. The fourth-order valence-corrected chi connectivity index (χ4v) is 5.37. The molecule has 1 unspecified atom stereocenters. The van der Waals surface area contributed by atoms with E-state index in [4.69, 9.17) is 16.7 Å². The summed E-state index contributed by atoms with van der Waals surface area (Å²) in [6, 6.07) is 17.1. The number of hydrogen-bond donors (Lipinski definition) is 0. The van der Waals surface area contributed by atoms with Crippen LogP contribution in [0.1, 0.15) is 29.9 Å². The van der Waals surface area contributed by atoms with Crippen LogP contribution in [0.25, 0.3) is 0 Å². The Labute approximate surface area is 203 Å². The number of benzene rings is 2. The van der Waals surface area contributed by atoms with E-state index in [0.717, 1.165) is 21.1 Å². The number of alkyl halides is 2. The Kier molecular flexibility index (Phi) is 6.93. The molecular formula is C23H26ClF2N5O2S. The van der Waals surface area contributed by atoms with Gasteiger partial charge in [-0.05, 0) is 23.3 Å². The topological polar surface area (TPSA) is 68.6 Å². The van der Waals surface area contributed by atoms with E-state index in [2.05, 4.69) is 4.40 Å². The van der Waals surface area contributed by atoms with E-state index in [1.54, 1.807) is 36.1 Å². The predicted molar refractivity (Wildman–Crippen MR) is 130 cm³/mol. The summed E-state index contributed by atoms with van der Waals surface area (Å²) in [6.07, 6.45) is -1.03. The van der Waals surface area contributed by atoms with Gasteiger partial charge in [-0.15, -0.1) is 4.40 Å². The van der Waals surface area contributed by atoms with Crippen LogP contribution in [0.15, 0.2) is 64.1 Å². The Morgan fingerprint density at radius 3 is 2.29 bits per heavy atom. The van der Waals surface area contributed by atoms with Crippen molar-refractivity contribution in [2.45, 2.75) is 24.7 Å². The van der Waals surface area contributed by atoms with Gasteiger partial charge < -0.3 is 4.90 Å². The van der Waals surface area contributed by atoms with E-state index in [0.29, 0.717) is 11.6 Å². The molecule has 182 valence electrons. The van der Waals surface area contributed by atoms with Crippen molar-refractivity contribution in [2.75, 3.05) is 33.7 Å². The molecule has 1 atom stereocenters. The largest absolute Gasteiger partial charge is 0.347 e. The van der Waals surface area contributed by atoms with Crippen LogP contribution in [0.4, 0.5) is 8.78 Å². The van der Waals surface area contributed by atoms with Crippen LogP contribution in [-0.4, -0.2) is 74.0 Å². The maximum Gasteiger partial charge on any atom is 0.325 e. The van der Waals surface area contributed by atoms with Gasteiger partial charge >= 0.3 is 10.2 Å². The molecule has 34 heavy (non-hydrogen) atoms. The molecule has 11 heteroatoms. The first-order valence-electron chi connectivity index (χ1n) is 10.9. The number of rotatable bonds is 4. The fraction of sp³-hybridized carbons (Fsp3) is 0.391. The summed E-state index contributed by atoms with van der Waals surface area (Å²) in [5.74, 6) is -2.87. The Hall–Kier alpha value is -2.56. The molecule has 7 nitrogen and oxygen atoms in total. The van der Waals surface area contributed by atoms with Crippen LogP contribution >= 0.6 is 11.6 Å². The van der Waals surface area contributed by atoms with E-state index in [1.165, 1.54) is 0 Å². The molecular weight excluding hydrogens is 484 g/mol. The second-order valence-electron chi connectivity index (χ2n) is 8.56. The minimum Gasteiger partial charge on any atom is -0.347 e. The Morgan fingerprint density at radius 1 is 1.09 bits per heavy atom. The summed E-state index contributed by atoms with van der Waals surface area (Å²) in [5.41, 5.74) is 2.64. The van der Waals surface area contributed by atoms with Crippen molar-refractivity contribution in [3.05, 3.63) is 70.7 Å². The van der Waals surface area contributed by atoms with Crippen LogP contribution in [0, 0.1) is 0 Å². The average molecular weight is 510 g/mol. The third-order valence-corrected chi connectivity index (χ3v) is 7.53. The van der Waals surface area contributed by atoms with Crippen molar-refractivity contribution >= 4 is 33.5 Å². The molecule has 0 amide bonds. The molecule has 0 saturated carbocycles. The zero-order valence-electron chi connectivity index (χ0n) is 18.9. The lowest BCUT2D eigenvalue weighted by molar-refractivity contribution is -0.0411. The summed E-state index contributed by atoms with van der Waals surface area (Å²) in [6.45, 7) is -0.177. The summed E-state index contributed by atoms with van der Waals surface area (Å²) < 4.78 is 58.1. The summed E-state index contributed by atoms with van der Waals surface area (Å²) in [7, 11) is -0.822. The van der Waals surface area contributed by atoms with Crippen LogP contribution < -0.4 is 0 Å². The number of hydrazone groups is 1. The van der Waals surface area contributed by atoms with Gasteiger partial charge in [0.15, 0.2) is 0 Å². The van der Waals surface area contributed by atoms with Gasteiger partial charge in [-0.1, -0.05) is 54.1 Å². The highest BCUT2D eigenvalue weighted by Gasteiger charge is 2.39. The average Bonchev–Trinajstić information content (AvgIpc) is 3.23. The molecule has 2 aliphatic rings. The fourth-order valence-electron chi connectivity index (χ4n) is 4.02. The van der Waals surface area contributed by atoms with Gasteiger partial charge in [-0.25, -0.2) is 13.8 Å². The highest BCUT2D eigenvalue weighted by atomic mass is 35.5. The zero-order chi connectivity index (χ0) is 24.5. The third-order valence-electron chi connectivity index (χ3n) is 5.86. The van der Waals surface area contributed by atoms with Crippen molar-refractivity contribution in [3.8, 4) is 0 Å². The van der Waals surface area contributed by atoms with Gasteiger partial charge in [0, 0.05) is 51.0 Å². The van der Waals surface area contributed by atoms with E-state index in [1.807, 2.05) is 42.5 Å². The van der Waals surface area contributed by atoms with E-state index in [9.17, 15) is 17.2 Å². The highest BCUT2D eigenvalue weighted by molar-refractivity contribution is 7.87. The van der Waals surface area contributed by atoms with E-state index < -0.39 is 29.0 Å². The van der Waals surface area contributed by atoms with Gasteiger partial charge in [-0.2, -0.15) is 17.8 Å². The van der Waals surface area contributed by atoms with Crippen molar-refractivity contribution in [3.63, 3.8) is 0 Å². The Bertz CT molecular complexity index is 1180. The van der Waals surface area contributed by atoms with Gasteiger partial charge in [0.1, 0.15) is 0 Å². The molecule has 4 rings (SSSR count). The summed E-state index contributed by atoms with van der Waals surface area (Å²) >= 11 is 6.06. The smallest absolute Gasteiger partial charge is 0.325 e. The van der Waals surface area contributed by atoms with E-state index in [-0.39, 0.29) is 25.0 Å². The number of halogens is 3. The molecule has 1 saturated heterocycles. The number of guanidine groups is 1. The molecule has 0 N–H and O–H groups in total. The van der Waals surface area contributed by atoms with Crippen molar-refractivity contribution < 1.29 is 17.2 Å². The van der Waals surface area contributed by atoms with Crippen LogP contribution in [0.2, 0.25) is 5.02 Å². The molecule has 0 aromatic heterocycles. The van der Waals surface area contributed by atoms with Gasteiger partial charge in [0.2, 0.25) is 5.96 Å². The molecule has 0 bridgehead atoms. The maximum absolute atomic E-state index is 13.5. The molecule has 2 aliphatic heterocycles. The van der Waals surface area contributed by atoms with Crippen LogP contribution in [0.5, 0.6) is 0 Å². The van der Waals surface area contributed by atoms with E-state index >= 15 is 0 Å². The number of piperidine rings is 1. The Balaban J connectivity index is 1.69. The van der Waals surface area contributed by atoms with Crippen molar-refractivity contribution in [2.24, 2.45) is 9.50 Å². The zero-order valence-corrected chi connectivity index (χ0v) is 20.5. The highest BCUT2D eigenvalue weighted by Crippen LogP contribution is 2.31. The molecule has 2 aromatic carbocycles. The number of hydrogen-bond acceptors (Lipinski definition) is 3. The quantitative estimate of drug-likeness (QED) is 0.461. The maximum atomic E-state index is 13.5. The first-order chi connectivity index (χ1) is 16.1. The lowest BCUT2D eigenvalue weighted by atomic mass is 9.91. The minimum absolute atomic E-state index is 0.113. The first-order valence-corrected chi connectivity index (χ1v) is 12.7. The number of nitrogens with zero attached hydrogens (tertiary/aromatic N) is 5. The van der Waals surface area contributed by atoms with Crippen LogP contribution in [0.3, 0.4) is 0 Å². The second kappa shape index (κ2) is 9.59. The lowest BCUT2D eigenvalue weighted by Gasteiger charge is -2.30. The van der Waals surface area contributed by atoms with Gasteiger partial charge in [0.05, 0.1) is 12.3 Å². The predicted octanol–water partition coefficient (Wildman–Crippen LogP) is 4.04. The minimum atomic E-state index is -4.17. The molecule has 2 aromatic rings. The molecule has 2 heterocycles. The summed E-state index contributed by atoms with van der Waals surface area (Å²) in [5, 5.41) is 6.91. The molecule has 0 spiro atoms. The monoisotopic (exact) mass is 509 g/mol. The van der Waals surface area contributed by atoms with Gasteiger partial charge in [0.25, 0.3) is 5.92 Å². The van der Waals surface area contributed by atoms with Crippen molar-refractivity contribution in [1.82, 2.24) is 14.2 Å². The normalized spacial score (nSPS) is 21.4. The first kappa shape index (κ1) is 24.6. The Morgan fingerprint density at radius 2 is 1.71 bits per heavy atom. The third kappa shape index (κ3) is 5.39. The van der Waals surface area contributed by atoms with Crippen LogP contribution in [-0.2, 0) is 10.2 Å². The molecule has 1 fully saturated rings. The molecule has 0 radical (unpaired) electrons. The molecule has 0 aliphatic carbocycles. The van der Waals surface area contributed by atoms with Gasteiger partial charge in [-0.3, -0.25) is 0 Å². The van der Waals surface area contributed by atoms with Crippen molar-refractivity contribution in [1.29, 1.82) is 0 Å². The standard InChI is InChI=1S/C23H26ClF2N5O2S/c1-29(2)22(28-34(32,33)30-14-12-23(25,26)13-15-30)31-16-20(17-6-4-3-5-7-17)21(27-31)18-8-10-19(24)11-9-18/h3-11,20H,12-16H2,1-2H3/b28-22-. The summed E-state index contributed by atoms with van der Waals surface area (Å²) in [4.78, 5) is 1.56.